The molecule has 0 aromatic heterocycles. The third-order valence-corrected chi connectivity index (χ3v) is 2.73. The Morgan fingerprint density at radius 3 is 2.56 bits per heavy atom. The number of ketones is 1. The third-order valence-electron chi connectivity index (χ3n) is 2.73. The van der Waals surface area contributed by atoms with Crippen molar-refractivity contribution in [1.29, 1.82) is 0 Å². The maximum Gasteiger partial charge on any atom is 0.246 e. The lowest BCUT2D eigenvalue weighted by Crippen LogP contribution is -2.51. The van der Waals surface area contributed by atoms with Crippen molar-refractivity contribution in [3.63, 3.8) is 0 Å². The van der Waals surface area contributed by atoms with E-state index in [9.17, 15) is 14.4 Å². The molecule has 2 amide bonds. The molecule has 0 unspecified atom stereocenters. The first kappa shape index (κ1) is 12.3. The molecule has 18 heavy (non-hydrogen) atoms. The predicted octanol–water partition coefficient (Wildman–Crippen LogP) is -0.709. The van der Waals surface area contributed by atoms with Gasteiger partial charge in [0.05, 0.1) is 13.1 Å². The van der Waals surface area contributed by atoms with Crippen LogP contribution in [0.2, 0.25) is 0 Å². The number of hydrogen-bond donors (Lipinski definition) is 2. The van der Waals surface area contributed by atoms with Crippen molar-refractivity contribution in [2.45, 2.75) is 0 Å². The van der Waals surface area contributed by atoms with Gasteiger partial charge in [0.15, 0.2) is 5.78 Å². The Morgan fingerprint density at radius 1 is 1.28 bits per heavy atom. The minimum atomic E-state index is -0.197. The summed E-state index contributed by atoms with van der Waals surface area (Å²) in [5.74, 6) is -0.534. The lowest BCUT2D eigenvalue weighted by atomic mass is 10.1. The maximum atomic E-state index is 11.6. The number of carbonyl (C=O) groups excluding carboxylic acids is 3. The van der Waals surface area contributed by atoms with E-state index in [1.807, 2.05) is 0 Å². The van der Waals surface area contributed by atoms with Gasteiger partial charge in [0.1, 0.15) is 6.54 Å². The van der Waals surface area contributed by atoms with E-state index in [2.05, 4.69) is 5.32 Å². The van der Waals surface area contributed by atoms with Crippen LogP contribution < -0.4 is 16.0 Å². The van der Waals surface area contributed by atoms with Gasteiger partial charge in [-0.15, -0.1) is 0 Å². The Morgan fingerprint density at radius 2 is 1.94 bits per heavy atom. The number of rotatable bonds is 3. The average Bonchev–Trinajstić information content (AvgIpc) is 2.41. The van der Waals surface area contributed by atoms with Gasteiger partial charge in [0.2, 0.25) is 11.8 Å². The normalized spacial score (nSPS) is 15.5. The van der Waals surface area contributed by atoms with E-state index in [1.165, 1.54) is 4.90 Å². The van der Waals surface area contributed by atoms with Crippen molar-refractivity contribution in [2.24, 2.45) is 5.73 Å². The zero-order valence-corrected chi connectivity index (χ0v) is 9.68. The fourth-order valence-electron chi connectivity index (χ4n) is 1.74. The summed E-state index contributed by atoms with van der Waals surface area (Å²) < 4.78 is 0. The first-order chi connectivity index (χ1) is 8.61. The quantitative estimate of drug-likeness (QED) is 0.690. The van der Waals surface area contributed by atoms with Gasteiger partial charge in [-0.25, -0.2) is 0 Å². The lowest BCUT2D eigenvalue weighted by molar-refractivity contribution is -0.128. The lowest BCUT2D eigenvalue weighted by Gasteiger charge is -2.26. The Hall–Kier alpha value is -2.21. The van der Waals surface area contributed by atoms with Crippen LogP contribution in [0.15, 0.2) is 24.3 Å². The van der Waals surface area contributed by atoms with Crippen LogP contribution in [0.1, 0.15) is 10.4 Å². The number of nitrogens with one attached hydrogen (secondary N) is 1. The zero-order chi connectivity index (χ0) is 13.1. The van der Waals surface area contributed by atoms with Gasteiger partial charge in [-0.05, 0) is 24.3 Å². The van der Waals surface area contributed by atoms with E-state index in [0.29, 0.717) is 11.3 Å². The minimum absolute atomic E-state index is 0.00230. The van der Waals surface area contributed by atoms with Crippen LogP contribution in [0.4, 0.5) is 5.69 Å². The highest BCUT2D eigenvalue weighted by Gasteiger charge is 2.24. The molecule has 0 bridgehead atoms. The van der Waals surface area contributed by atoms with Gasteiger partial charge in [-0.1, -0.05) is 0 Å². The van der Waals surface area contributed by atoms with E-state index >= 15 is 0 Å². The molecule has 0 radical (unpaired) electrons. The minimum Gasteiger partial charge on any atom is -0.345 e. The van der Waals surface area contributed by atoms with E-state index in [0.717, 1.165) is 0 Å². The maximum absolute atomic E-state index is 11.6. The summed E-state index contributed by atoms with van der Waals surface area (Å²) in [5, 5.41) is 2.47. The molecule has 6 heteroatoms. The van der Waals surface area contributed by atoms with Crippen molar-refractivity contribution in [1.82, 2.24) is 5.32 Å². The molecule has 1 aromatic rings. The second-order valence-corrected chi connectivity index (χ2v) is 3.93. The first-order valence-corrected chi connectivity index (χ1v) is 5.52. The van der Waals surface area contributed by atoms with Crippen LogP contribution >= 0.6 is 0 Å². The summed E-state index contributed by atoms with van der Waals surface area (Å²) in [7, 11) is 0. The van der Waals surface area contributed by atoms with Crippen molar-refractivity contribution in [3.05, 3.63) is 29.8 Å². The number of hydrogen-bond acceptors (Lipinski definition) is 4. The molecule has 2 rings (SSSR count). The summed E-state index contributed by atoms with van der Waals surface area (Å²) in [6, 6.07) is 6.48. The molecule has 1 aliphatic rings. The van der Waals surface area contributed by atoms with Crippen LogP contribution in [0.3, 0.4) is 0 Å². The number of benzene rings is 1. The molecule has 94 valence electrons. The van der Waals surface area contributed by atoms with E-state index in [4.69, 9.17) is 5.73 Å². The number of piperazine rings is 1. The molecule has 3 N–H and O–H groups in total. The van der Waals surface area contributed by atoms with Crippen molar-refractivity contribution < 1.29 is 14.4 Å². The summed E-state index contributed by atoms with van der Waals surface area (Å²) in [4.78, 5) is 35.6. The van der Waals surface area contributed by atoms with Crippen LogP contribution in [0.5, 0.6) is 0 Å². The topological polar surface area (TPSA) is 92.5 Å². The zero-order valence-electron chi connectivity index (χ0n) is 9.68. The molecule has 0 aliphatic carbocycles. The summed E-state index contributed by atoms with van der Waals surface area (Å²) in [6.07, 6.45) is 0. The second-order valence-electron chi connectivity index (χ2n) is 3.93. The molecule has 0 atom stereocenters. The molecule has 1 heterocycles. The Bertz CT molecular complexity index is 496. The van der Waals surface area contributed by atoms with Crippen molar-refractivity contribution >= 4 is 23.3 Å². The van der Waals surface area contributed by atoms with Gasteiger partial charge in [-0.3, -0.25) is 14.4 Å². The molecule has 0 spiro atoms. The first-order valence-electron chi connectivity index (χ1n) is 5.52. The summed E-state index contributed by atoms with van der Waals surface area (Å²) >= 11 is 0. The number of amides is 2. The Labute approximate surface area is 104 Å². The molecule has 1 saturated heterocycles. The summed E-state index contributed by atoms with van der Waals surface area (Å²) in [5.41, 5.74) is 6.35. The average molecular weight is 247 g/mol. The fourth-order valence-corrected chi connectivity index (χ4v) is 1.74. The van der Waals surface area contributed by atoms with Crippen molar-refractivity contribution in [3.8, 4) is 0 Å². The fraction of sp³-hybridized carbons (Fsp3) is 0.250. The highest BCUT2D eigenvalue weighted by molar-refractivity contribution is 6.05. The SMILES string of the molecule is NCC(=O)c1ccc(N2CC(=O)NCC2=O)cc1. The van der Waals surface area contributed by atoms with E-state index < -0.39 is 0 Å². The van der Waals surface area contributed by atoms with Gasteiger partial charge in [-0.2, -0.15) is 0 Å². The van der Waals surface area contributed by atoms with Gasteiger partial charge >= 0.3 is 0 Å². The highest BCUT2D eigenvalue weighted by atomic mass is 16.2. The van der Waals surface area contributed by atoms with Crippen molar-refractivity contribution in [2.75, 3.05) is 24.5 Å². The molecule has 1 aliphatic heterocycles. The number of Topliss-reactive ketones (excluding diaryl/α,β-unsaturated/α-hetero) is 1. The van der Waals surface area contributed by atoms with E-state index in [1.54, 1.807) is 24.3 Å². The molecular formula is C12H13N3O3. The molecule has 0 saturated carbocycles. The standard InChI is InChI=1S/C12H13N3O3/c13-5-10(16)8-1-3-9(4-2-8)15-7-11(17)14-6-12(15)18/h1-4H,5-7,13H2,(H,14,17). The number of anilines is 1. The van der Waals surface area contributed by atoms with E-state index in [-0.39, 0.29) is 37.2 Å². The van der Waals surface area contributed by atoms with Crippen LogP contribution in [0.25, 0.3) is 0 Å². The van der Waals surface area contributed by atoms with Gasteiger partial charge in [0, 0.05) is 11.3 Å². The monoisotopic (exact) mass is 247 g/mol. The summed E-state index contributed by atoms with van der Waals surface area (Å²) in [6.45, 7) is -0.0459. The Balaban J connectivity index is 2.20. The second kappa shape index (κ2) is 4.97. The molecule has 6 nitrogen and oxygen atoms in total. The largest absolute Gasteiger partial charge is 0.345 e. The van der Waals surface area contributed by atoms with Crippen LogP contribution in [0, 0.1) is 0 Å². The van der Waals surface area contributed by atoms with Gasteiger partial charge < -0.3 is 16.0 Å². The van der Waals surface area contributed by atoms with Crippen LogP contribution in [-0.4, -0.2) is 37.2 Å². The van der Waals surface area contributed by atoms with Gasteiger partial charge in [0.25, 0.3) is 0 Å². The third kappa shape index (κ3) is 2.38. The number of nitrogens with zero attached hydrogens (tertiary/aromatic N) is 1. The number of nitrogens with two attached hydrogens (primary N) is 1. The molecule has 1 aromatic carbocycles. The Kier molecular flexibility index (Phi) is 3.38. The van der Waals surface area contributed by atoms with Crippen LogP contribution in [-0.2, 0) is 9.59 Å². The number of carbonyl (C=O) groups is 3. The predicted molar refractivity (Wildman–Crippen MR) is 65.2 cm³/mol. The molecule has 1 fully saturated rings. The molecular weight excluding hydrogens is 234 g/mol. The highest BCUT2D eigenvalue weighted by Crippen LogP contribution is 2.16. The smallest absolute Gasteiger partial charge is 0.246 e.